The van der Waals surface area contributed by atoms with Crippen molar-refractivity contribution in [2.75, 3.05) is 39.4 Å². The highest BCUT2D eigenvalue weighted by molar-refractivity contribution is 5.75. The maximum atomic E-state index is 12.3. The minimum absolute atomic E-state index is 0.131. The largest absolute Gasteiger partial charge is 0.381 e. The van der Waals surface area contributed by atoms with E-state index in [0.717, 1.165) is 71.4 Å². The van der Waals surface area contributed by atoms with Crippen LogP contribution in [0.25, 0.3) is 0 Å². The topological polar surface area (TPSA) is 61.9 Å². The van der Waals surface area contributed by atoms with Crippen LogP contribution in [0.1, 0.15) is 51.0 Å². The minimum Gasteiger partial charge on any atom is -0.381 e. The van der Waals surface area contributed by atoms with Crippen LogP contribution in [0.5, 0.6) is 0 Å². The van der Waals surface area contributed by atoms with Gasteiger partial charge in [-0.2, -0.15) is 0 Å². The molecule has 2 heterocycles. The van der Waals surface area contributed by atoms with E-state index in [2.05, 4.69) is 22.3 Å². The minimum atomic E-state index is 0.131. The van der Waals surface area contributed by atoms with E-state index in [1.165, 1.54) is 5.56 Å². The average Bonchev–Trinajstić information content (AvgIpc) is 2.78. The fourth-order valence-corrected chi connectivity index (χ4v) is 4.70. The highest BCUT2D eigenvalue weighted by Crippen LogP contribution is 2.23. The maximum Gasteiger partial charge on any atom is 0.220 e. The number of ether oxygens (including phenoxy) is 1. The van der Waals surface area contributed by atoms with Crippen molar-refractivity contribution < 1.29 is 14.3 Å². The summed E-state index contributed by atoms with van der Waals surface area (Å²) in [6.45, 7) is 6.44. The third-order valence-electron chi connectivity index (χ3n) is 6.37. The number of likely N-dealkylation sites (tertiary alicyclic amines) is 1. The average molecular weight is 416 g/mol. The number of aryl methyl sites for hydroxylation is 1. The maximum absolute atomic E-state index is 12.3. The number of amides is 2. The van der Waals surface area contributed by atoms with Gasteiger partial charge in [0.05, 0.1) is 0 Å². The highest BCUT2D eigenvalue weighted by Gasteiger charge is 2.31. The SMILES string of the molecule is CC(=O)N1CCCC(N(CCNC(=O)CCCc2ccccc2)C2CCOCC2)C1. The number of carbonyl (C=O) groups is 2. The van der Waals surface area contributed by atoms with Crippen molar-refractivity contribution in [3.63, 3.8) is 0 Å². The van der Waals surface area contributed by atoms with Crippen molar-refractivity contribution in [2.45, 2.75) is 64.0 Å². The van der Waals surface area contributed by atoms with Gasteiger partial charge in [0.25, 0.3) is 0 Å². The van der Waals surface area contributed by atoms with E-state index >= 15 is 0 Å². The Labute approximate surface area is 180 Å². The standard InChI is InChI=1S/C24H37N3O3/c1-20(28)26-15-6-10-23(19-26)27(22-12-17-30-18-13-22)16-14-25-24(29)11-5-9-21-7-3-2-4-8-21/h2-4,7-8,22-23H,5-6,9-19H2,1H3,(H,25,29). The van der Waals surface area contributed by atoms with Crippen LogP contribution < -0.4 is 5.32 Å². The fourth-order valence-electron chi connectivity index (χ4n) is 4.70. The number of rotatable bonds is 9. The number of hydrogen-bond donors (Lipinski definition) is 1. The monoisotopic (exact) mass is 415 g/mol. The Balaban J connectivity index is 1.45. The molecule has 0 bridgehead atoms. The van der Waals surface area contributed by atoms with Crippen LogP contribution >= 0.6 is 0 Å². The van der Waals surface area contributed by atoms with Gasteiger partial charge in [0.15, 0.2) is 0 Å². The molecule has 2 saturated heterocycles. The zero-order valence-corrected chi connectivity index (χ0v) is 18.4. The van der Waals surface area contributed by atoms with Gasteiger partial charge in [-0.25, -0.2) is 0 Å². The first-order chi connectivity index (χ1) is 14.6. The van der Waals surface area contributed by atoms with Crippen LogP contribution in [0, 0.1) is 0 Å². The number of benzene rings is 1. The molecule has 0 saturated carbocycles. The fraction of sp³-hybridized carbons (Fsp3) is 0.667. The van der Waals surface area contributed by atoms with Gasteiger partial charge in [0, 0.05) is 64.8 Å². The van der Waals surface area contributed by atoms with Crippen molar-refractivity contribution in [1.29, 1.82) is 0 Å². The van der Waals surface area contributed by atoms with E-state index in [9.17, 15) is 9.59 Å². The lowest BCUT2D eigenvalue weighted by atomic mass is 9.98. The van der Waals surface area contributed by atoms with Crippen LogP contribution in [0.3, 0.4) is 0 Å². The summed E-state index contributed by atoms with van der Waals surface area (Å²) in [6.07, 6.45) is 6.60. The molecular formula is C24H37N3O3. The summed E-state index contributed by atoms with van der Waals surface area (Å²) in [5, 5.41) is 3.12. The molecule has 1 unspecified atom stereocenters. The molecule has 2 fully saturated rings. The first kappa shape index (κ1) is 22.8. The van der Waals surface area contributed by atoms with Crippen LogP contribution in [-0.4, -0.2) is 73.1 Å². The van der Waals surface area contributed by atoms with Crippen LogP contribution in [-0.2, 0) is 20.7 Å². The lowest BCUT2D eigenvalue weighted by molar-refractivity contribution is -0.131. The van der Waals surface area contributed by atoms with Crippen molar-refractivity contribution in [1.82, 2.24) is 15.1 Å². The van der Waals surface area contributed by atoms with Crippen LogP contribution in [0.4, 0.5) is 0 Å². The van der Waals surface area contributed by atoms with Crippen molar-refractivity contribution in [2.24, 2.45) is 0 Å². The Hall–Kier alpha value is -1.92. The molecule has 6 nitrogen and oxygen atoms in total. The molecule has 1 N–H and O–H groups in total. The molecule has 1 aromatic rings. The van der Waals surface area contributed by atoms with Crippen LogP contribution in [0.15, 0.2) is 30.3 Å². The molecule has 2 aliphatic rings. The quantitative estimate of drug-likeness (QED) is 0.674. The molecule has 166 valence electrons. The summed E-state index contributed by atoms with van der Waals surface area (Å²) in [5.74, 6) is 0.296. The van der Waals surface area contributed by atoms with E-state index in [-0.39, 0.29) is 11.8 Å². The van der Waals surface area contributed by atoms with Gasteiger partial charge in [-0.1, -0.05) is 30.3 Å². The molecule has 30 heavy (non-hydrogen) atoms. The molecule has 1 aromatic carbocycles. The van der Waals surface area contributed by atoms with Gasteiger partial charge in [-0.15, -0.1) is 0 Å². The van der Waals surface area contributed by atoms with Gasteiger partial charge in [0.2, 0.25) is 11.8 Å². The van der Waals surface area contributed by atoms with Crippen molar-refractivity contribution in [3.8, 4) is 0 Å². The Morgan fingerprint density at radius 1 is 1.13 bits per heavy atom. The molecule has 2 aliphatic heterocycles. The first-order valence-corrected chi connectivity index (χ1v) is 11.5. The lowest BCUT2D eigenvalue weighted by Gasteiger charge is -2.44. The molecule has 0 aliphatic carbocycles. The Morgan fingerprint density at radius 2 is 1.90 bits per heavy atom. The predicted molar refractivity (Wildman–Crippen MR) is 118 cm³/mol. The van der Waals surface area contributed by atoms with Crippen molar-refractivity contribution >= 4 is 11.8 Å². The number of nitrogens with zero attached hydrogens (tertiary/aromatic N) is 2. The number of carbonyl (C=O) groups excluding carboxylic acids is 2. The molecule has 0 spiro atoms. The number of nitrogens with one attached hydrogen (secondary N) is 1. The summed E-state index contributed by atoms with van der Waals surface area (Å²) in [5.41, 5.74) is 1.28. The van der Waals surface area contributed by atoms with Gasteiger partial charge in [0.1, 0.15) is 0 Å². The van der Waals surface area contributed by atoms with E-state index < -0.39 is 0 Å². The molecule has 1 atom stereocenters. The Morgan fingerprint density at radius 3 is 2.63 bits per heavy atom. The summed E-state index contributed by atoms with van der Waals surface area (Å²) < 4.78 is 5.56. The molecule has 0 radical (unpaired) electrons. The Bertz CT molecular complexity index is 661. The molecule has 6 heteroatoms. The van der Waals surface area contributed by atoms with Gasteiger partial charge in [-0.3, -0.25) is 14.5 Å². The summed E-state index contributed by atoms with van der Waals surface area (Å²) >= 11 is 0. The number of piperidine rings is 1. The smallest absolute Gasteiger partial charge is 0.220 e. The lowest BCUT2D eigenvalue weighted by Crippen LogP contribution is -2.55. The third kappa shape index (κ3) is 7.10. The number of hydrogen-bond acceptors (Lipinski definition) is 4. The zero-order chi connectivity index (χ0) is 21.2. The molecule has 3 rings (SSSR count). The second-order valence-corrected chi connectivity index (χ2v) is 8.53. The van der Waals surface area contributed by atoms with Gasteiger partial charge >= 0.3 is 0 Å². The molecule has 0 aromatic heterocycles. The second-order valence-electron chi connectivity index (χ2n) is 8.53. The molecule has 2 amide bonds. The van der Waals surface area contributed by atoms with E-state index in [1.54, 1.807) is 6.92 Å². The van der Waals surface area contributed by atoms with E-state index in [1.807, 2.05) is 23.1 Å². The third-order valence-corrected chi connectivity index (χ3v) is 6.37. The van der Waals surface area contributed by atoms with E-state index in [4.69, 9.17) is 4.74 Å². The normalized spacial score (nSPS) is 20.3. The Kier molecular flexibility index (Phi) is 9.15. The second kappa shape index (κ2) is 12.1. The summed E-state index contributed by atoms with van der Waals surface area (Å²) in [4.78, 5) is 28.7. The molecular weight excluding hydrogens is 378 g/mol. The van der Waals surface area contributed by atoms with Crippen molar-refractivity contribution in [3.05, 3.63) is 35.9 Å². The van der Waals surface area contributed by atoms with E-state index in [0.29, 0.717) is 25.0 Å². The van der Waals surface area contributed by atoms with Gasteiger partial charge in [-0.05, 0) is 44.1 Å². The van der Waals surface area contributed by atoms with Crippen LogP contribution in [0.2, 0.25) is 0 Å². The summed E-state index contributed by atoms with van der Waals surface area (Å²) in [6, 6.07) is 11.2. The highest BCUT2D eigenvalue weighted by atomic mass is 16.5. The van der Waals surface area contributed by atoms with Gasteiger partial charge < -0.3 is 15.0 Å². The predicted octanol–water partition coefficient (Wildman–Crippen LogP) is 2.62. The first-order valence-electron chi connectivity index (χ1n) is 11.5. The summed E-state index contributed by atoms with van der Waals surface area (Å²) in [7, 11) is 0. The zero-order valence-electron chi connectivity index (χ0n) is 18.4.